The van der Waals surface area contributed by atoms with Gasteiger partial charge in [0, 0.05) is 5.39 Å². The van der Waals surface area contributed by atoms with Gasteiger partial charge in [-0.05, 0) is 25.0 Å². The van der Waals surface area contributed by atoms with Gasteiger partial charge in [-0.15, -0.1) is 0 Å². The van der Waals surface area contributed by atoms with E-state index in [1.807, 2.05) is 0 Å². The monoisotopic (exact) mass is 369 g/mol. The summed E-state index contributed by atoms with van der Waals surface area (Å²) in [4.78, 5) is 50.2. The summed E-state index contributed by atoms with van der Waals surface area (Å²) in [5.74, 6) is -2.76. The lowest BCUT2D eigenvalue weighted by Gasteiger charge is -2.19. The Morgan fingerprint density at radius 1 is 1.11 bits per heavy atom. The highest BCUT2D eigenvalue weighted by atomic mass is 16.3. The van der Waals surface area contributed by atoms with E-state index in [0.717, 1.165) is 17.7 Å². The highest BCUT2D eigenvalue weighted by Crippen LogP contribution is 2.38. The van der Waals surface area contributed by atoms with Crippen LogP contribution in [0.4, 0.5) is 5.69 Å². The Morgan fingerprint density at radius 2 is 1.74 bits per heavy atom. The lowest BCUT2D eigenvalue weighted by Crippen LogP contribution is -2.38. The minimum atomic E-state index is -0.819. The SMILES string of the molecule is NC(=O)c1oc2ccccc2c1NC(=O)CN1C(=O)[C@H]2CCCC[C@@H]2C1=O. The van der Waals surface area contributed by atoms with Gasteiger partial charge in [-0.1, -0.05) is 25.0 Å². The first-order chi connectivity index (χ1) is 13.0. The van der Waals surface area contributed by atoms with Gasteiger partial charge < -0.3 is 15.5 Å². The normalized spacial score (nSPS) is 22.1. The van der Waals surface area contributed by atoms with Gasteiger partial charge in [0.2, 0.25) is 23.5 Å². The second-order valence-electron chi connectivity index (χ2n) is 6.97. The molecule has 2 aromatic rings. The molecule has 140 valence electrons. The van der Waals surface area contributed by atoms with E-state index in [0.29, 0.717) is 23.8 Å². The quantitative estimate of drug-likeness (QED) is 0.793. The number of furan rings is 1. The van der Waals surface area contributed by atoms with Gasteiger partial charge in [0.25, 0.3) is 5.91 Å². The van der Waals surface area contributed by atoms with Gasteiger partial charge in [0.1, 0.15) is 17.8 Å². The van der Waals surface area contributed by atoms with E-state index in [-0.39, 0.29) is 41.6 Å². The molecule has 1 saturated heterocycles. The van der Waals surface area contributed by atoms with E-state index in [2.05, 4.69) is 5.32 Å². The predicted octanol–water partition coefficient (Wildman–Crippen LogP) is 1.65. The third kappa shape index (κ3) is 2.87. The van der Waals surface area contributed by atoms with E-state index in [1.165, 1.54) is 0 Å². The van der Waals surface area contributed by atoms with Crippen LogP contribution in [-0.4, -0.2) is 35.1 Å². The summed E-state index contributed by atoms with van der Waals surface area (Å²) in [7, 11) is 0. The zero-order valence-corrected chi connectivity index (χ0v) is 14.6. The molecular formula is C19H19N3O5. The van der Waals surface area contributed by atoms with Crippen molar-refractivity contribution in [2.45, 2.75) is 25.7 Å². The zero-order valence-electron chi connectivity index (χ0n) is 14.6. The molecule has 1 aromatic carbocycles. The van der Waals surface area contributed by atoms with Crippen LogP contribution in [0.25, 0.3) is 11.0 Å². The van der Waals surface area contributed by atoms with Crippen molar-refractivity contribution >= 4 is 40.3 Å². The fraction of sp³-hybridized carbons (Fsp3) is 0.368. The van der Waals surface area contributed by atoms with Crippen LogP contribution in [0.3, 0.4) is 0 Å². The van der Waals surface area contributed by atoms with Crippen LogP contribution in [0.2, 0.25) is 0 Å². The molecular weight excluding hydrogens is 350 g/mol. The van der Waals surface area contributed by atoms with Crippen molar-refractivity contribution in [1.82, 2.24) is 4.90 Å². The molecule has 1 aromatic heterocycles. The van der Waals surface area contributed by atoms with Crippen LogP contribution >= 0.6 is 0 Å². The summed E-state index contributed by atoms with van der Waals surface area (Å²) in [5, 5.41) is 3.11. The van der Waals surface area contributed by atoms with Crippen LogP contribution in [0.1, 0.15) is 36.2 Å². The smallest absolute Gasteiger partial charge is 0.286 e. The predicted molar refractivity (Wildman–Crippen MR) is 95.5 cm³/mol. The maximum Gasteiger partial charge on any atom is 0.286 e. The van der Waals surface area contributed by atoms with E-state index in [9.17, 15) is 19.2 Å². The Kier molecular flexibility index (Phi) is 4.18. The lowest BCUT2D eigenvalue weighted by molar-refractivity contribution is -0.142. The number of benzene rings is 1. The molecule has 2 fully saturated rings. The molecule has 0 unspecified atom stereocenters. The number of carbonyl (C=O) groups excluding carboxylic acids is 4. The standard InChI is InChI=1S/C19H19N3O5/c20-17(24)16-15(12-7-3-4-8-13(12)27-16)21-14(23)9-22-18(25)10-5-1-2-6-11(10)19(22)26/h3-4,7-8,10-11H,1-2,5-6,9H2,(H2,20,24)(H,21,23)/t10-,11-/m0/s1. The topological polar surface area (TPSA) is 123 Å². The molecule has 1 saturated carbocycles. The summed E-state index contributed by atoms with van der Waals surface area (Å²) in [6.45, 7) is -0.387. The van der Waals surface area contributed by atoms with Gasteiger partial charge in [-0.2, -0.15) is 0 Å². The Morgan fingerprint density at radius 3 is 2.37 bits per heavy atom. The molecule has 4 rings (SSSR count). The molecule has 1 aliphatic heterocycles. The number of rotatable bonds is 4. The number of hydrogen-bond donors (Lipinski definition) is 2. The number of nitrogens with zero attached hydrogens (tertiary/aromatic N) is 1. The van der Waals surface area contributed by atoms with Crippen LogP contribution in [0, 0.1) is 11.8 Å². The Labute approximate surface area is 154 Å². The van der Waals surface area contributed by atoms with E-state index in [4.69, 9.17) is 10.2 Å². The van der Waals surface area contributed by atoms with Crippen molar-refractivity contribution in [3.63, 3.8) is 0 Å². The Balaban J connectivity index is 1.56. The molecule has 2 aliphatic rings. The summed E-state index contributed by atoms with van der Waals surface area (Å²) in [6.07, 6.45) is 3.21. The molecule has 1 aliphatic carbocycles. The fourth-order valence-electron chi connectivity index (χ4n) is 4.05. The molecule has 2 atom stereocenters. The first kappa shape index (κ1) is 17.3. The number of hydrogen-bond acceptors (Lipinski definition) is 5. The molecule has 8 nitrogen and oxygen atoms in total. The van der Waals surface area contributed by atoms with Gasteiger partial charge in [0.05, 0.1) is 11.8 Å². The number of likely N-dealkylation sites (tertiary alicyclic amines) is 1. The Bertz CT molecular complexity index is 939. The maximum absolute atomic E-state index is 12.5. The second kappa shape index (κ2) is 6.53. The lowest BCUT2D eigenvalue weighted by atomic mass is 9.81. The highest BCUT2D eigenvalue weighted by Gasteiger charge is 2.48. The largest absolute Gasteiger partial charge is 0.449 e. The number of nitrogens with one attached hydrogen (secondary N) is 1. The number of primary amides is 1. The van der Waals surface area contributed by atoms with Crippen LogP contribution in [0.15, 0.2) is 28.7 Å². The van der Waals surface area contributed by atoms with Crippen LogP contribution in [-0.2, 0) is 14.4 Å². The summed E-state index contributed by atoms with van der Waals surface area (Å²) in [6, 6.07) is 6.79. The van der Waals surface area contributed by atoms with Crippen molar-refractivity contribution in [3.05, 3.63) is 30.0 Å². The highest BCUT2D eigenvalue weighted by molar-refractivity contribution is 6.13. The zero-order chi connectivity index (χ0) is 19.1. The summed E-state index contributed by atoms with van der Waals surface area (Å²) < 4.78 is 5.41. The number of fused-ring (bicyclic) bond motifs is 2. The van der Waals surface area contributed by atoms with E-state index >= 15 is 0 Å². The van der Waals surface area contributed by atoms with Crippen molar-refractivity contribution < 1.29 is 23.6 Å². The first-order valence-electron chi connectivity index (χ1n) is 8.93. The van der Waals surface area contributed by atoms with Gasteiger partial charge in [0.15, 0.2) is 0 Å². The van der Waals surface area contributed by atoms with Gasteiger partial charge >= 0.3 is 0 Å². The average Bonchev–Trinajstić information content (AvgIpc) is 3.14. The van der Waals surface area contributed by atoms with Crippen LogP contribution in [0.5, 0.6) is 0 Å². The van der Waals surface area contributed by atoms with Crippen molar-refractivity contribution in [1.29, 1.82) is 0 Å². The molecule has 0 bridgehead atoms. The minimum absolute atomic E-state index is 0.152. The molecule has 3 N–H and O–H groups in total. The third-order valence-corrected chi connectivity index (χ3v) is 5.32. The number of carbonyl (C=O) groups is 4. The number of imide groups is 1. The van der Waals surface area contributed by atoms with Crippen molar-refractivity contribution in [3.8, 4) is 0 Å². The van der Waals surface area contributed by atoms with E-state index < -0.39 is 11.8 Å². The third-order valence-electron chi connectivity index (χ3n) is 5.32. The van der Waals surface area contributed by atoms with Crippen LogP contribution < -0.4 is 11.1 Å². The maximum atomic E-state index is 12.5. The van der Waals surface area contributed by atoms with E-state index in [1.54, 1.807) is 24.3 Å². The molecule has 0 spiro atoms. The average molecular weight is 369 g/mol. The van der Waals surface area contributed by atoms with Gasteiger partial charge in [-0.25, -0.2) is 0 Å². The fourth-order valence-corrected chi connectivity index (χ4v) is 4.05. The molecule has 4 amide bonds. The first-order valence-corrected chi connectivity index (χ1v) is 8.93. The molecule has 27 heavy (non-hydrogen) atoms. The van der Waals surface area contributed by atoms with Gasteiger partial charge in [-0.3, -0.25) is 24.1 Å². The van der Waals surface area contributed by atoms with Crippen molar-refractivity contribution in [2.24, 2.45) is 17.6 Å². The Hall–Kier alpha value is -3.16. The minimum Gasteiger partial charge on any atom is -0.449 e. The summed E-state index contributed by atoms with van der Waals surface area (Å²) >= 11 is 0. The molecule has 8 heteroatoms. The second-order valence-corrected chi connectivity index (χ2v) is 6.97. The number of para-hydroxylation sites is 1. The number of anilines is 1. The number of nitrogens with two attached hydrogens (primary N) is 1. The summed E-state index contributed by atoms with van der Waals surface area (Å²) in [5.41, 5.74) is 5.89. The molecule has 0 radical (unpaired) electrons. The van der Waals surface area contributed by atoms with Crippen molar-refractivity contribution in [2.75, 3.05) is 11.9 Å². The number of amides is 4. The molecule has 2 heterocycles.